The summed E-state index contributed by atoms with van der Waals surface area (Å²) < 4.78 is 61.4. The Balaban J connectivity index is 0.994. The molecule has 3 aromatic carbocycles. The number of benzene rings is 3. The third-order valence-electron chi connectivity index (χ3n) is 11.4. The van der Waals surface area contributed by atoms with Gasteiger partial charge in [-0.25, -0.2) is 22.5 Å². The van der Waals surface area contributed by atoms with E-state index in [1.807, 2.05) is 12.1 Å². The van der Waals surface area contributed by atoms with Gasteiger partial charge in [-0.1, -0.05) is 60.8 Å². The van der Waals surface area contributed by atoms with Crippen molar-refractivity contribution in [1.82, 2.24) is 30.0 Å². The predicted octanol–water partition coefficient (Wildman–Crippen LogP) is 8.25. The molecule has 0 saturated carbocycles. The van der Waals surface area contributed by atoms with Crippen molar-refractivity contribution in [3.63, 3.8) is 0 Å². The molecule has 1 aliphatic carbocycles. The second-order valence-corrected chi connectivity index (χ2v) is 18.9. The molecule has 17 heteroatoms. The highest BCUT2D eigenvalue weighted by Crippen LogP contribution is 2.43. The number of nitrogens with one attached hydrogen (secondary N) is 2. The highest BCUT2D eigenvalue weighted by Gasteiger charge is 2.34. The van der Waals surface area contributed by atoms with Crippen LogP contribution in [0.25, 0.3) is 16.6 Å². The lowest BCUT2D eigenvalue weighted by Crippen LogP contribution is -2.47. The molecule has 2 N–H and O–H groups in total. The van der Waals surface area contributed by atoms with Crippen molar-refractivity contribution in [2.45, 2.75) is 56.5 Å². The maximum absolute atomic E-state index is 15.1. The molecule has 4 heterocycles. The first kappa shape index (κ1) is 41.9. The standard InChI is InChI=1S/C43H46Cl2FN7O6S/c1-42(2)13-12-29(34(24-42)28-6-8-30(44)9-7-28)26-52-16-18-53(19-17-52)31-10-11-33(38(22-31)59-37-5-3-4-36-39(37)49-51-48-36)40(54)50-60(55,56)32-23-35(45)41(47-25-32)58-27-43(46)14-20-57-21-15-43/h3-11,22-23,25H,12-21,24,26-27H2,1-2H3,(H,50,54)(H,48,49,51). The molecule has 2 saturated heterocycles. The number of hydrogen-bond acceptors (Lipinski definition) is 11. The van der Waals surface area contributed by atoms with E-state index in [0.29, 0.717) is 16.8 Å². The summed E-state index contributed by atoms with van der Waals surface area (Å²) in [4.78, 5) is 22.2. The third kappa shape index (κ3) is 9.55. The number of fused-ring (bicyclic) bond motifs is 1. The fourth-order valence-corrected chi connectivity index (χ4v) is 9.24. The van der Waals surface area contributed by atoms with Crippen molar-refractivity contribution < 1.29 is 31.8 Å². The maximum atomic E-state index is 15.1. The molecule has 0 bridgehead atoms. The fraction of sp³-hybridized carbons (Fsp3) is 0.395. The molecule has 316 valence electrons. The number of aromatic amines is 1. The van der Waals surface area contributed by atoms with E-state index in [-0.39, 0.29) is 65.2 Å². The second kappa shape index (κ2) is 17.3. The lowest BCUT2D eigenvalue weighted by molar-refractivity contribution is -0.0331. The van der Waals surface area contributed by atoms with Crippen LogP contribution in [0.3, 0.4) is 0 Å². The quantitative estimate of drug-likeness (QED) is 0.125. The topological polar surface area (TPSA) is 152 Å². The molecule has 0 unspecified atom stereocenters. The molecule has 0 spiro atoms. The van der Waals surface area contributed by atoms with Gasteiger partial charge < -0.3 is 19.1 Å². The van der Waals surface area contributed by atoms with Crippen LogP contribution in [-0.4, -0.2) is 97.8 Å². The van der Waals surface area contributed by atoms with Crippen LogP contribution in [0.2, 0.25) is 10.0 Å². The van der Waals surface area contributed by atoms with E-state index < -0.39 is 21.6 Å². The normalized spacial score (nSPS) is 18.4. The highest BCUT2D eigenvalue weighted by atomic mass is 35.5. The van der Waals surface area contributed by atoms with Gasteiger partial charge in [0.25, 0.3) is 15.9 Å². The molecule has 13 nitrogen and oxygen atoms in total. The van der Waals surface area contributed by atoms with Crippen molar-refractivity contribution in [2.75, 3.05) is 57.4 Å². The zero-order valence-corrected chi connectivity index (χ0v) is 35.7. The lowest BCUT2D eigenvalue weighted by atomic mass is 9.72. The number of carbonyl (C=O) groups excluding carboxylic acids is 1. The van der Waals surface area contributed by atoms with Crippen molar-refractivity contribution in [1.29, 1.82) is 0 Å². The number of sulfonamides is 1. The summed E-state index contributed by atoms with van der Waals surface area (Å²) in [6.07, 6.45) is 4.51. The average Bonchev–Trinajstić information content (AvgIpc) is 3.72. The number of pyridine rings is 1. The van der Waals surface area contributed by atoms with Crippen molar-refractivity contribution >= 4 is 61.4 Å². The van der Waals surface area contributed by atoms with Crippen molar-refractivity contribution in [3.05, 3.63) is 99.7 Å². The maximum Gasteiger partial charge on any atom is 0.268 e. The van der Waals surface area contributed by atoms with E-state index in [2.05, 4.69) is 60.9 Å². The number of ether oxygens (including phenoxy) is 3. The summed E-state index contributed by atoms with van der Waals surface area (Å²) in [7, 11) is -4.49. The number of hydrogen-bond donors (Lipinski definition) is 2. The van der Waals surface area contributed by atoms with Gasteiger partial charge in [0.15, 0.2) is 11.3 Å². The number of carbonyl (C=O) groups is 1. The Morgan fingerprint density at radius 3 is 2.48 bits per heavy atom. The molecule has 2 aliphatic heterocycles. The first-order chi connectivity index (χ1) is 28.7. The minimum Gasteiger partial charge on any atom is -0.473 e. The highest BCUT2D eigenvalue weighted by molar-refractivity contribution is 7.90. The van der Waals surface area contributed by atoms with Crippen LogP contribution in [0.5, 0.6) is 17.4 Å². The van der Waals surface area contributed by atoms with Gasteiger partial charge in [0.2, 0.25) is 5.88 Å². The summed E-state index contributed by atoms with van der Waals surface area (Å²) in [6, 6.07) is 19.5. The van der Waals surface area contributed by atoms with Gasteiger partial charge in [0.05, 0.1) is 11.8 Å². The van der Waals surface area contributed by atoms with Gasteiger partial charge in [-0.3, -0.25) is 9.69 Å². The van der Waals surface area contributed by atoms with Gasteiger partial charge in [0, 0.05) is 75.6 Å². The Morgan fingerprint density at radius 1 is 0.967 bits per heavy atom. The molecule has 3 aliphatic rings. The molecular formula is C43H46Cl2FN7O6S. The first-order valence-electron chi connectivity index (χ1n) is 19.9. The van der Waals surface area contributed by atoms with Crippen LogP contribution >= 0.6 is 23.2 Å². The minimum absolute atomic E-state index is 0.0351. The van der Waals surface area contributed by atoms with Crippen LogP contribution in [0, 0.1) is 5.41 Å². The number of halogens is 3. The Hall–Kier alpha value is -4.80. The number of piperazine rings is 1. The number of amides is 1. The second-order valence-electron chi connectivity index (χ2n) is 16.4. The number of rotatable bonds is 12. The number of anilines is 1. The molecule has 2 fully saturated rings. The van der Waals surface area contributed by atoms with E-state index in [9.17, 15) is 13.2 Å². The van der Waals surface area contributed by atoms with Gasteiger partial charge in [0.1, 0.15) is 33.5 Å². The minimum atomic E-state index is -4.49. The Bertz CT molecular complexity index is 2520. The molecule has 1 amide bonds. The van der Waals surface area contributed by atoms with Crippen LogP contribution in [0.4, 0.5) is 10.1 Å². The smallest absolute Gasteiger partial charge is 0.268 e. The van der Waals surface area contributed by atoms with E-state index in [4.69, 9.17) is 37.4 Å². The largest absolute Gasteiger partial charge is 0.473 e. The average molecular weight is 879 g/mol. The van der Waals surface area contributed by atoms with Gasteiger partial charge >= 0.3 is 0 Å². The lowest BCUT2D eigenvalue weighted by Gasteiger charge is -2.39. The monoisotopic (exact) mass is 877 g/mol. The third-order valence-corrected chi connectivity index (χ3v) is 13.3. The summed E-state index contributed by atoms with van der Waals surface area (Å²) in [5.41, 5.74) is 4.48. The van der Waals surface area contributed by atoms with Crippen molar-refractivity contribution in [3.8, 4) is 17.4 Å². The summed E-state index contributed by atoms with van der Waals surface area (Å²) in [6.45, 7) is 8.86. The molecule has 8 rings (SSSR count). The molecule has 0 atom stereocenters. The van der Waals surface area contributed by atoms with Gasteiger partial charge in [-0.05, 0) is 78.3 Å². The van der Waals surface area contributed by atoms with Gasteiger partial charge in [-0.15, -0.1) is 0 Å². The SMILES string of the molecule is CC1(C)CCC(CN2CCN(c3ccc(C(=O)NS(=O)(=O)c4cnc(OCC5(F)CCOCC5)c(Cl)c4)c(Oc4cccc5n[nH]nc45)c3)CC2)=C(c2ccc(Cl)cc2)C1. The summed E-state index contributed by atoms with van der Waals surface area (Å²) in [5, 5.41) is 11.5. The molecule has 5 aromatic rings. The Labute approximate surface area is 358 Å². The number of nitrogens with zero attached hydrogens (tertiary/aromatic N) is 5. The molecule has 2 aromatic heterocycles. The van der Waals surface area contributed by atoms with E-state index in [1.165, 1.54) is 16.7 Å². The van der Waals surface area contributed by atoms with E-state index >= 15 is 4.39 Å². The molecular weight excluding hydrogens is 832 g/mol. The Morgan fingerprint density at radius 2 is 1.73 bits per heavy atom. The molecule has 60 heavy (non-hydrogen) atoms. The zero-order chi connectivity index (χ0) is 42.1. The number of aromatic nitrogens is 4. The number of allylic oxidation sites excluding steroid dienone is 1. The van der Waals surface area contributed by atoms with Crippen LogP contribution in [0.15, 0.2) is 83.4 Å². The zero-order valence-electron chi connectivity index (χ0n) is 33.3. The molecule has 0 radical (unpaired) electrons. The fourth-order valence-electron chi connectivity index (χ4n) is 7.90. The summed E-state index contributed by atoms with van der Waals surface area (Å²) in [5.74, 6) is -0.626. The van der Waals surface area contributed by atoms with Gasteiger partial charge in [-0.2, -0.15) is 15.4 Å². The van der Waals surface area contributed by atoms with Crippen LogP contribution in [-0.2, 0) is 14.8 Å². The number of alkyl halides is 1. The number of H-pyrrole nitrogens is 1. The van der Waals surface area contributed by atoms with Crippen LogP contribution < -0.4 is 19.1 Å². The van der Waals surface area contributed by atoms with E-state index in [1.54, 1.807) is 36.4 Å². The predicted molar refractivity (Wildman–Crippen MR) is 228 cm³/mol. The number of para-hydroxylation sites is 1. The summed E-state index contributed by atoms with van der Waals surface area (Å²) >= 11 is 12.6. The van der Waals surface area contributed by atoms with Crippen LogP contribution in [0.1, 0.15) is 61.9 Å². The van der Waals surface area contributed by atoms with Crippen molar-refractivity contribution in [2.24, 2.45) is 5.41 Å². The first-order valence-corrected chi connectivity index (χ1v) is 22.2. The Kier molecular flexibility index (Phi) is 12.1. The van der Waals surface area contributed by atoms with E-state index in [0.717, 1.165) is 75.0 Å².